The van der Waals surface area contributed by atoms with E-state index in [0.717, 1.165) is 23.5 Å². The second-order valence-electron chi connectivity index (χ2n) is 8.52. The van der Waals surface area contributed by atoms with Crippen molar-refractivity contribution in [2.45, 2.75) is 56.3 Å². The highest BCUT2D eigenvalue weighted by Crippen LogP contribution is 2.58. The van der Waals surface area contributed by atoms with E-state index in [0.29, 0.717) is 23.4 Å². The van der Waals surface area contributed by atoms with Crippen molar-refractivity contribution in [1.82, 2.24) is 19.5 Å². The molecule has 2 N–H and O–H groups in total. The van der Waals surface area contributed by atoms with E-state index >= 15 is 0 Å². The van der Waals surface area contributed by atoms with Gasteiger partial charge in [-0.1, -0.05) is 6.42 Å². The molecule has 2 aromatic heterocycles. The lowest BCUT2D eigenvalue weighted by molar-refractivity contribution is 0.00386. The Morgan fingerprint density at radius 2 is 1.92 bits per heavy atom. The van der Waals surface area contributed by atoms with Gasteiger partial charge >= 0.3 is 0 Å². The molecule has 0 aliphatic heterocycles. The highest BCUT2D eigenvalue weighted by molar-refractivity contribution is 6.28. The van der Waals surface area contributed by atoms with Crippen molar-refractivity contribution in [2.75, 3.05) is 0 Å². The number of nitrogens with zero attached hydrogens (tertiary/aromatic N) is 4. The first-order chi connectivity index (χ1) is 12.1. The third kappa shape index (κ3) is 1.96. The molecule has 2 heterocycles. The number of rotatable bonds is 2. The van der Waals surface area contributed by atoms with E-state index in [1.54, 1.807) is 6.33 Å². The van der Waals surface area contributed by atoms with Gasteiger partial charge in [0.05, 0.1) is 24.2 Å². The normalized spacial score (nSPS) is 44.6. The second-order valence-corrected chi connectivity index (χ2v) is 8.86. The molecule has 7 heteroatoms. The van der Waals surface area contributed by atoms with Crippen molar-refractivity contribution in [3.05, 3.63) is 17.3 Å². The van der Waals surface area contributed by atoms with E-state index in [1.807, 2.05) is 4.57 Å². The first-order valence-corrected chi connectivity index (χ1v) is 9.75. The summed E-state index contributed by atoms with van der Waals surface area (Å²) < 4.78 is 1.94. The molecule has 4 aliphatic carbocycles. The summed E-state index contributed by atoms with van der Waals surface area (Å²) >= 11 is 6.28. The van der Waals surface area contributed by atoms with Crippen LogP contribution in [-0.2, 0) is 0 Å². The smallest absolute Gasteiger partial charge is 0.224 e. The van der Waals surface area contributed by atoms with Gasteiger partial charge in [0.25, 0.3) is 0 Å². The lowest BCUT2D eigenvalue weighted by atomic mass is 9.86. The summed E-state index contributed by atoms with van der Waals surface area (Å²) in [6, 6.07) is -0.163. The summed E-state index contributed by atoms with van der Waals surface area (Å²) in [6.45, 7) is 0. The highest BCUT2D eigenvalue weighted by atomic mass is 35.5. The van der Waals surface area contributed by atoms with Crippen molar-refractivity contribution >= 4 is 22.8 Å². The number of halogens is 1. The van der Waals surface area contributed by atoms with E-state index < -0.39 is 12.2 Å². The van der Waals surface area contributed by atoms with Gasteiger partial charge in [0.15, 0.2) is 5.65 Å². The van der Waals surface area contributed by atoms with Crippen LogP contribution in [0.1, 0.15) is 49.8 Å². The summed E-state index contributed by atoms with van der Waals surface area (Å²) in [7, 11) is 0. The largest absolute Gasteiger partial charge is 0.390 e. The van der Waals surface area contributed by atoms with Crippen LogP contribution in [0.2, 0.25) is 5.28 Å². The van der Waals surface area contributed by atoms with Crippen LogP contribution in [0, 0.1) is 23.7 Å². The molecule has 0 amide bonds. The number of imidazole rings is 1. The average molecular weight is 361 g/mol. The summed E-state index contributed by atoms with van der Waals surface area (Å²) in [5.74, 6) is 2.45. The Hall–Kier alpha value is -1.24. The molecule has 4 aliphatic rings. The molecule has 2 aromatic rings. The van der Waals surface area contributed by atoms with Crippen LogP contribution in [0.15, 0.2) is 6.33 Å². The van der Waals surface area contributed by atoms with E-state index in [4.69, 9.17) is 11.6 Å². The number of hydrogen-bond donors (Lipinski definition) is 2. The Bertz CT molecular complexity index is 870. The topological polar surface area (TPSA) is 84.1 Å². The van der Waals surface area contributed by atoms with Crippen molar-refractivity contribution < 1.29 is 10.2 Å². The zero-order chi connectivity index (χ0) is 16.9. The SMILES string of the molecule is O[C@@H]1[C@H](O)[C@@H]2C[C@@H]2[C@H]1n1cnc2c(C3CC4CCC3C4)nc(Cl)nc21. The lowest BCUT2D eigenvalue weighted by Crippen LogP contribution is -2.31. The second kappa shape index (κ2) is 4.93. The summed E-state index contributed by atoms with van der Waals surface area (Å²) in [4.78, 5) is 13.7. The minimum atomic E-state index is -0.763. The predicted molar refractivity (Wildman–Crippen MR) is 91.2 cm³/mol. The number of aliphatic hydroxyl groups excluding tert-OH is 2. The number of aliphatic hydroxyl groups is 2. The van der Waals surface area contributed by atoms with Gasteiger partial charge in [-0.05, 0) is 61.0 Å². The quantitative estimate of drug-likeness (QED) is 0.803. The fourth-order valence-electron chi connectivity index (χ4n) is 6.07. The number of fused-ring (bicyclic) bond motifs is 4. The van der Waals surface area contributed by atoms with E-state index in [1.165, 1.54) is 25.7 Å². The maximum atomic E-state index is 10.5. The van der Waals surface area contributed by atoms with Gasteiger partial charge in [-0.2, -0.15) is 4.98 Å². The maximum Gasteiger partial charge on any atom is 0.224 e. The van der Waals surface area contributed by atoms with Crippen molar-refractivity contribution in [1.29, 1.82) is 0 Å². The van der Waals surface area contributed by atoms with Gasteiger partial charge in [0, 0.05) is 5.92 Å². The minimum Gasteiger partial charge on any atom is -0.390 e. The van der Waals surface area contributed by atoms with Gasteiger partial charge in [-0.3, -0.25) is 0 Å². The minimum absolute atomic E-state index is 0.163. The average Bonchev–Trinajstić information content (AvgIpc) is 2.94. The fourth-order valence-corrected chi connectivity index (χ4v) is 6.24. The monoisotopic (exact) mass is 360 g/mol. The van der Waals surface area contributed by atoms with Crippen LogP contribution < -0.4 is 0 Å². The Balaban J connectivity index is 1.47. The van der Waals surface area contributed by atoms with E-state index in [2.05, 4.69) is 15.0 Å². The molecular formula is C18H21ClN4O2. The van der Waals surface area contributed by atoms with Crippen LogP contribution in [0.5, 0.6) is 0 Å². The first-order valence-electron chi connectivity index (χ1n) is 9.38. The molecule has 0 aromatic carbocycles. The van der Waals surface area contributed by atoms with Crippen LogP contribution >= 0.6 is 11.6 Å². The van der Waals surface area contributed by atoms with Crippen LogP contribution in [0.3, 0.4) is 0 Å². The molecule has 4 saturated carbocycles. The maximum absolute atomic E-state index is 10.5. The van der Waals surface area contributed by atoms with E-state index in [9.17, 15) is 10.2 Å². The molecule has 25 heavy (non-hydrogen) atoms. The van der Waals surface area contributed by atoms with Gasteiger partial charge in [0.1, 0.15) is 11.6 Å². The first kappa shape index (κ1) is 14.9. The van der Waals surface area contributed by atoms with Crippen molar-refractivity contribution in [2.24, 2.45) is 23.7 Å². The fraction of sp³-hybridized carbons (Fsp3) is 0.722. The summed E-state index contributed by atoms with van der Waals surface area (Å²) in [5.41, 5.74) is 2.52. The van der Waals surface area contributed by atoms with Crippen molar-refractivity contribution in [3.63, 3.8) is 0 Å². The number of aromatic nitrogens is 4. The molecule has 132 valence electrons. The number of hydrogen-bond acceptors (Lipinski definition) is 5. The van der Waals surface area contributed by atoms with Gasteiger partial charge in [-0.15, -0.1) is 0 Å². The standard InChI is InChI=1S/C18H21ClN4O2/c19-18-21-12(9-4-7-1-2-8(9)3-7)13-17(22-18)23(6-20-13)14-10-5-11(10)15(24)16(14)25/h6-11,14-16,24-25H,1-5H2/t7?,8?,9?,10-,11+,14+,15+,16-/m0/s1. The highest BCUT2D eigenvalue weighted by Gasteiger charge is 2.60. The lowest BCUT2D eigenvalue weighted by Gasteiger charge is -2.23. The molecule has 6 nitrogen and oxygen atoms in total. The molecule has 3 unspecified atom stereocenters. The Kier molecular flexibility index (Phi) is 2.93. The van der Waals surface area contributed by atoms with Gasteiger partial charge in [-0.25, -0.2) is 9.97 Å². The van der Waals surface area contributed by atoms with Crippen LogP contribution in [0.4, 0.5) is 0 Å². The molecule has 2 bridgehead atoms. The molecule has 0 saturated heterocycles. The third-order valence-corrected chi connectivity index (χ3v) is 7.47. The van der Waals surface area contributed by atoms with Crippen LogP contribution in [0.25, 0.3) is 11.2 Å². The summed E-state index contributed by atoms with van der Waals surface area (Å²) in [5, 5.41) is 20.9. The van der Waals surface area contributed by atoms with Crippen molar-refractivity contribution in [3.8, 4) is 0 Å². The molecule has 0 radical (unpaired) electrons. The predicted octanol–water partition coefficient (Wildman–Crippen LogP) is 2.30. The molecule has 0 spiro atoms. The Labute approximate surface area is 150 Å². The summed E-state index contributed by atoms with van der Waals surface area (Å²) in [6.07, 6.45) is 6.40. The Morgan fingerprint density at radius 1 is 1.04 bits per heavy atom. The van der Waals surface area contributed by atoms with Crippen LogP contribution in [-0.4, -0.2) is 41.9 Å². The van der Waals surface area contributed by atoms with Gasteiger partial charge < -0.3 is 14.8 Å². The van der Waals surface area contributed by atoms with Gasteiger partial charge in [0.2, 0.25) is 5.28 Å². The zero-order valence-electron chi connectivity index (χ0n) is 13.8. The van der Waals surface area contributed by atoms with E-state index in [-0.39, 0.29) is 17.2 Å². The Morgan fingerprint density at radius 3 is 2.60 bits per heavy atom. The molecular weight excluding hydrogens is 340 g/mol. The molecule has 6 rings (SSSR count). The third-order valence-electron chi connectivity index (χ3n) is 7.30. The molecule has 4 fully saturated rings. The zero-order valence-corrected chi connectivity index (χ0v) is 14.5. The molecule has 8 atom stereocenters.